The number of amides is 1. The van der Waals surface area contributed by atoms with Crippen LogP contribution in [-0.2, 0) is 4.79 Å². The van der Waals surface area contributed by atoms with Crippen molar-refractivity contribution in [2.45, 2.75) is 52.0 Å². The highest BCUT2D eigenvalue weighted by molar-refractivity contribution is 9.09. The van der Waals surface area contributed by atoms with Gasteiger partial charge in [-0.3, -0.25) is 4.79 Å². The largest absolute Gasteiger partial charge is 0.339 e. The summed E-state index contributed by atoms with van der Waals surface area (Å²) in [5.74, 6) is 0.536. The Kier molecular flexibility index (Phi) is 5.65. The monoisotopic (exact) mass is 275 g/mol. The fraction of sp³-hybridized carbons (Fsp3) is 0.917. The van der Waals surface area contributed by atoms with Crippen LogP contribution in [0.25, 0.3) is 0 Å². The van der Waals surface area contributed by atoms with E-state index in [1.807, 2.05) is 6.92 Å². The van der Waals surface area contributed by atoms with Crippen LogP contribution < -0.4 is 0 Å². The van der Waals surface area contributed by atoms with E-state index >= 15 is 0 Å². The molecule has 0 bridgehead atoms. The van der Waals surface area contributed by atoms with Crippen molar-refractivity contribution in [1.82, 2.24) is 4.90 Å². The normalized spacial score (nSPS) is 19.1. The highest BCUT2D eigenvalue weighted by Gasteiger charge is 2.28. The number of nitrogens with zero attached hydrogens (tertiary/aromatic N) is 1. The molecule has 0 saturated heterocycles. The van der Waals surface area contributed by atoms with Crippen molar-refractivity contribution in [3.63, 3.8) is 0 Å². The topological polar surface area (TPSA) is 20.3 Å². The maximum absolute atomic E-state index is 12.2. The first-order valence-corrected chi connectivity index (χ1v) is 7.19. The first kappa shape index (κ1) is 13.0. The van der Waals surface area contributed by atoms with Gasteiger partial charge in [-0.25, -0.2) is 0 Å². The van der Waals surface area contributed by atoms with Crippen molar-refractivity contribution in [3.05, 3.63) is 0 Å². The van der Waals surface area contributed by atoms with E-state index in [0.29, 0.717) is 11.9 Å². The molecule has 0 aromatic rings. The Labute approximate surface area is 102 Å². The Bertz CT molecular complexity index is 202. The van der Waals surface area contributed by atoms with Gasteiger partial charge in [0.25, 0.3) is 0 Å². The summed E-state index contributed by atoms with van der Waals surface area (Å²) in [6.07, 6.45) is 5.93. The Balaban J connectivity index is 2.59. The molecule has 88 valence electrons. The molecule has 1 aliphatic rings. The second-order valence-electron chi connectivity index (χ2n) is 4.47. The quantitative estimate of drug-likeness (QED) is 0.706. The second-order valence-corrected chi connectivity index (χ2v) is 5.26. The fourth-order valence-corrected chi connectivity index (χ4v) is 2.62. The Hall–Kier alpha value is -0.0500. The molecule has 0 aromatic heterocycles. The van der Waals surface area contributed by atoms with E-state index in [0.717, 1.165) is 18.3 Å². The number of halogens is 1. The van der Waals surface area contributed by atoms with Crippen LogP contribution in [0.1, 0.15) is 46.0 Å². The zero-order valence-corrected chi connectivity index (χ0v) is 11.4. The van der Waals surface area contributed by atoms with Crippen LogP contribution in [-0.4, -0.2) is 28.7 Å². The van der Waals surface area contributed by atoms with E-state index in [1.54, 1.807) is 0 Å². The third-order valence-electron chi connectivity index (χ3n) is 3.41. The van der Waals surface area contributed by atoms with Crippen LogP contribution in [0.15, 0.2) is 0 Å². The highest BCUT2D eigenvalue weighted by Crippen LogP contribution is 2.25. The number of hydrogen-bond acceptors (Lipinski definition) is 1. The summed E-state index contributed by atoms with van der Waals surface area (Å²) in [6, 6.07) is 0.518. The van der Waals surface area contributed by atoms with Crippen molar-refractivity contribution < 1.29 is 4.79 Å². The maximum atomic E-state index is 12.2. The molecule has 1 aliphatic carbocycles. The predicted molar refractivity (Wildman–Crippen MR) is 67.2 cm³/mol. The second kappa shape index (κ2) is 6.51. The molecule has 1 fully saturated rings. The number of hydrogen-bond donors (Lipinski definition) is 0. The predicted octanol–water partition coefficient (Wildman–Crippen LogP) is 3.20. The lowest BCUT2D eigenvalue weighted by atomic mass is 10.1. The Morgan fingerprint density at radius 3 is 2.53 bits per heavy atom. The van der Waals surface area contributed by atoms with Gasteiger partial charge < -0.3 is 4.90 Å². The van der Waals surface area contributed by atoms with Gasteiger partial charge >= 0.3 is 0 Å². The average Bonchev–Trinajstić information content (AvgIpc) is 2.77. The van der Waals surface area contributed by atoms with Crippen LogP contribution in [0, 0.1) is 5.92 Å². The van der Waals surface area contributed by atoms with E-state index in [4.69, 9.17) is 0 Å². The first-order chi connectivity index (χ1) is 7.20. The van der Waals surface area contributed by atoms with Gasteiger partial charge in [0.05, 0.1) is 0 Å². The standard InChI is InChI=1S/C12H22BrNO/c1-3-10(2)12(15)14(9-8-13)11-6-4-5-7-11/h10-11H,3-9H2,1-2H3. The van der Waals surface area contributed by atoms with Gasteiger partial charge in [-0.1, -0.05) is 42.6 Å². The first-order valence-electron chi connectivity index (χ1n) is 6.07. The lowest BCUT2D eigenvalue weighted by Crippen LogP contribution is -2.42. The van der Waals surface area contributed by atoms with Crippen molar-refractivity contribution >= 4 is 21.8 Å². The van der Waals surface area contributed by atoms with E-state index < -0.39 is 0 Å². The smallest absolute Gasteiger partial charge is 0.225 e. The maximum Gasteiger partial charge on any atom is 0.225 e. The van der Waals surface area contributed by atoms with Crippen LogP contribution in [0.2, 0.25) is 0 Å². The van der Waals surface area contributed by atoms with E-state index in [2.05, 4.69) is 27.8 Å². The molecule has 0 heterocycles. The van der Waals surface area contributed by atoms with E-state index in [9.17, 15) is 4.79 Å². The van der Waals surface area contributed by atoms with Crippen molar-refractivity contribution in [2.24, 2.45) is 5.92 Å². The minimum Gasteiger partial charge on any atom is -0.339 e. The average molecular weight is 276 g/mol. The van der Waals surface area contributed by atoms with Gasteiger partial charge in [0.1, 0.15) is 0 Å². The summed E-state index contributed by atoms with van der Waals surface area (Å²) in [5, 5.41) is 0.895. The van der Waals surface area contributed by atoms with Crippen LogP contribution in [0.5, 0.6) is 0 Å². The molecular formula is C12H22BrNO. The molecule has 1 saturated carbocycles. The molecule has 1 amide bonds. The van der Waals surface area contributed by atoms with Crippen LogP contribution >= 0.6 is 15.9 Å². The molecule has 1 atom stereocenters. The molecule has 1 unspecified atom stereocenters. The van der Waals surface area contributed by atoms with Gasteiger partial charge in [0.2, 0.25) is 5.91 Å². The SMILES string of the molecule is CCC(C)C(=O)N(CCBr)C1CCCC1. The highest BCUT2D eigenvalue weighted by atomic mass is 79.9. The summed E-state index contributed by atoms with van der Waals surface area (Å²) in [6.45, 7) is 5.00. The lowest BCUT2D eigenvalue weighted by molar-refractivity contribution is -0.137. The van der Waals surface area contributed by atoms with Crippen LogP contribution in [0.4, 0.5) is 0 Å². The molecule has 0 aliphatic heterocycles. The molecule has 3 heteroatoms. The summed E-state index contributed by atoms with van der Waals surface area (Å²) in [5.41, 5.74) is 0. The van der Waals surface area contributed by atoms with Gasteiger partial charge in [0.15, 0.2) is 0 Å². The fourth-order valence-electron chi connectivity index (χ4n) is 2.24. The Morgan fingerprint density at radius 1 is 1.47 bits per heavy atom. The minimum absolute atomic E-state index is 0.185. The third kappa shape index (κ3) is 3.47. The number of alkyl halides is 1. The molecule has 0 spiro atoms. The number of rotatable bonds is 5. The summed E-state index contributed by atoms with van der Waals surface area (Å²) in [4.78, 5) is 14.3. The van der Waals surface area contributed by atoms with E-state index in [-0.39, 0.29) is 5.92 Å². The molecule has 0 aromatic carbocycles. The Morgan fingerprint density at radius 2 is 2.07 bits per heavy atom. The number of carbonyl (C=O) groups is 1. The third-order valence-corrected chi connectivity index (χ3v) is 3.76. The number of carbonyl (C=O) groups excluding carboxylic acids is 1. The van der Waals surface area contributed by atoms with Crippen molar-refractivity contribution in [1.29, 1.82) is 0 Å². The summed E-state index contributed by atoms with van der Waals surface area (Å²) >= 11 is 3.44. The van der Waals surface area contributed by atoms with Crippen molar-refractivity contribution in [3.8, 4) is 0 Å². The summed E-state index contributed by atoms with van der Waals surface area (Å²) < 4.78 is 0. The molecule has 15 heavy (non-hydrogen) atoms. The van der Waals surface area contributed by atoms with Crippen molar-refractivity contribution in [2.75, 3.05) is 11.9 Å². The minimum atomic E-state index is 0.185. The van der Waals surface area contributed by atoms with E-state index in [1.165, 1.54) is 25.7 Å². The van der Waals surface area contributed by atoms with Crippen LogP contribution in [0.3, 0.4) is 0 Å². The lowest BCUT2D eigenvalue weighted by Gasteiger charge is -2.30. The van der Waals surface area contributed by atoms with Gasteiger partial charge in [-0.05, 0) is 19.3 Å². The zero-order chi connectivity index (χ0) is 11.3. The molecule has 0 N–H and O–H groups in total. The molecule has 1 rings (SSSR count). The molecular weight excluding hydrogens is 254 g/mol. The van der Waals surface area contributed by atoms with Gasteiger partial charge in [-0.15, -0.1) is 0 Å². The van der Waals surface area contributed by atoms with Gasteiger partial charge in [-0.2, -0.15) is 0 Å². The zero-order valence-electron chi connectivity index (χ0n) is 9.84. The van der Waals surface area contributed by atoms with Gasteiger partial charge in [0, 0.05) is 23.8 Å². The summed E-state index contributed by atoms with van der Waals surface area (Å²) in [7, 11) is 0. The molecule has 2 nitrogen and oxygen atoms in total. The molecule has 0 radical (unpaired) electrons.